The summed E-state index contributed by atoms with van der Waals surface area (Å²) in [6.45, 7) is 6.58. The lowest BCUT2D eigenvalue weighted by Crippen LogP contribution is -1.90. The van der Waals surface area contributed by atoms with Gasteiger partial charge in [0.15, 0.2) is 0 Å². The third-order valence-corrected chi connectivity index (χ3v) is 6.76. The van der Waals surface area contributed by atoms with Gasteiger partial charge < -0.3 is 0 Å². The van der Waals surface area contributed by atoms with E-state index in [1.54, 1.807) is 0 Å². The van der Waals surface area contributed by atoms with Crippen LogP contribution in [0.5, 0.6) is 0 Å². The minimum Gasteiger partial charge on any atom is -0.144 e. The molecule has 0 N–H and O–H groups in total. The number of hydrogen-bond acceptors (Lipinski definition) is 2. The first-order valence-corrected chi connectivity index (χ1v) is 8.22. The molecule has 0 saturated heterocycles. The van der Waals surface area contributed by atoms with Crippen molar-refractivity contribution < 1.29 is 0 Å². The van der Waals surface area contributed by atoms with Gasteiger partial charge in [0.1, 0.15) is 0 Å². The largest absolute Gasteiger partial charge is 0.144 e. The van der Waals surface area contributed by atoms with E-state index in [-0.39, 0.29) is 0 Å². The molecule has 2 aromatic heterocycles. The average Bonchev–Trinajstić information content (AvgIpc) is 2.68. The Balaban J connectivity index is 2.42. The molecular formula is C12H12Br2S2. The number of aryl methyl sites for hydroxylation is 2. The summed E-state index contributed by atoms with van der Waals surface area (Å²) in [6.07, 6.45) is 0. The normalized spacial score (nSPS) is 11.4. The van der Waals surface area contributed by atoms with Crippen LogP contribution in [0.1, 0.15) is 32.4 Å². The third kappa shape index (κ3) is 2.45. The lowest BCUT2D eigenvalue weighted by atomic mass is 10.1. The molecule has 0 aliphatic rings. The van der Waals surface area contributed by atoms with E-state index in [0.717, 1.165) is 0 Å². The van der Waals surface area contributed by atoms with Gasteiger partial charge in [0.2, 0.25) is 0 Å². The van der Waals surface area contributed by atoms with E-state index in [9.17, 15) is 0 Å². The predicted molar refractivity (Wildman–Crippen MR) is 81.0 cm³/mol. The SMILES string of the molecule is Cc1cc(Br)c(C(C)c2sc(C)cc2Br)s1. The Hall–Kier alpha value is 0.360. The molecule has 0 nitrogen and oxygen atoms in total. The fraction of sp³-hybridized carbons (Fsp3) is 0.333. The van der Waals surface area contributed by atoms with Crippen LogP contribution >= 0.6 is 54.5 Å². The Bertz CT molecular complexity index is 465. The van der Waals surface area contributed by atoms with E-state index < -0.39 is 0 Å². The molecule has 86 valence electrons. The van der Waals surface area contributed by atoms with E-state index in [0.29, 0.717) is 5.92 Å². The smallest absolute Gasteiger partial charge is 0.0323 e. The van der Waals surface area contributed by atoms with Crippen LogP contribution in [0, 0.1) is 13.8 Å². The van der Waals surface area contributed by atoms with E-state index in [4.69, 9.17) is 0 Å². The van der Waals surface area contributed by atoms with Crippen LogP contribution in [-0.4, -0.2) is 0 Å². The number of halogens is 2. The second-order valence-corrected chi connectivity index (χ2v) is 8.14. The highest BCUT2D eigenvalue weighted by Gasteiger charge is 2.18. The lowest BCUT2D eigenvalue weighted by Gasteiger charge is -2.08. The van der Waals surface area contributed by atoms with Gasteiger partial charge in [-0.15, -0.1) is 22.7 Å². The van der Waals surface area contributed by atoms with Crippen molar-refractivity contribution in [3.8, 4) is 0 Å². The monoisotopic (exact) mass is 378 g/mol. The Morgan fingerprint density at radius 3 is 1.56 bits per heavy atom. The van der Waals surface area contributed by atoms with Crippen LogP contribution in [0.3, 0.4) is 0 Å². The van der Waals surface area contributed by atoms with Gasteiger partial charge in [-0.05, 0) is 57.8 Å². The summed E-state index contributed by atoms with van der Waals surface area (Å²) in [7, 11) is 0. The van der Waals surface area contributed by atoms with Crippen LogP contribution < -0.4 is 0 Å². The third-order valence-electron chi connectivity index (χ3n) is 2.46. The van der Waals surface area contributed by atoms with Crippen molar-refractivity contribution in [1.82, 2.24) is 0 Å². The van der Waals surface area contributed by atoms with Crippen molar-refractivity contribution in [2.75, 3.05) is 0 Å². The highest BCUT2D eigenvalue weighted by molar-refractivity contribution is 9.11. The highest BCUT2D eigenvalue weighted by atomic mass is 79.9. The summed E-state index contributed by atoms with van der Waals surface area (Å²) in [5.74, 6) is 0.459. The summed E-state index contributed by atoms with van der Waals surface area (Å²) in [5.41, 5.74) is 0. The Morgan fingerprint density at radius 1 is 0.938 bits per heavy atom. The van der Waals surface area contributed by atoms with Gasteiger partial charge in [-0.3, -0.25) is 0 Å². The zero-order chi connectivity index (χ0) is 11.9. The molecule has 0 aliphatic carbocycles. The molecule has 0 aliphatic heterocycles. The van der Waals surface area contributed by atoms with Gasteiger partial charge in [-0.1, -0.05) is 6.92 Å². The minimum absolute atomic E-state index is 0.459. The molecule has 0 unspecified atom stereocenters. The predicted octanol–water partition coefficient (Wildman–Crippen LogP) is 6.10. The van der Waals surface area contributed by atoms with Crippen molar-refractivity contribution in [2.24, 2.45) is 0 Å². The second-order valence-electron chi connectivity index (χ2n) is 3.86. The van der Waals surface area contributed by atoms with Gasteiger partial charge in [-0.25, -0.2) is 0 Å². The van der Waals surface area contributed by atoms with Crippen LogP contribution in [0.2, 0.25) is 0 Å². The van der Waals surface area contributed by atoms with Crippen molar-refractivity contribution in [3.63, 3.8) is 0 Å². The Labute approximate surface area is 121 Å². The van der Waals surface area contributed by atoms with Gasteiger partial charge in [-0.2, -0.15) is 0 Å². The van der Waals surface area contributed by atoms with Gasteiger partial charge in [0.25, 0.3) is 0 Å². The molecule has 0 amide bonds. The zero-order valence-corrected chi connectivity index (χ0v) is 14.1. The average molecular weight is 380 g/mol. The first-order valence-electron chi connectivity index (χ1n) is 5.00. The van der Waals surface area contributed by atoms with Gasteiger partial charge >= 0.3 is 0 Å². The van der Waals surface area contributed by atoms with Crippen molar-refractivity contribution >= 4 is 54.5 Å². The van der Waals surface area contributed by atoms with Crippen molar-refractivity contribution in [1.29, 1.82) is 0 Å². The topological polar surface area (TPSA) is 0 Å². The molecule has 0 saturated carbocycles. The van der Waals surface area contributed by atoms with Crippen LogP contribution in [0.25, 0.3) is 0 Å². The van der Waals surface area contributed by atoms with E-state index in [1.165, 1.54) is 28.5 Å². The van der Waals surface area contributed by atoms with Crippen molar-refractivity contribution in [3.05, 3.63) is 40.6 Å². The molecule has 0 atom stereocenters. The van der Waals surface area contributed by atoms with Crippen LogP contribution in [0.15, 0.2) is 21.1 Å². The van der Waals surface area contributed by atoms with Crippen LogP contribution in [-0.2, 0) is 0 Å². The highest BCUT2D eigenvalue weighted by Crippen LogP contribution is 2.42. The molecule has 2 heterocycles. The number of thiophene rings is 2. The molecule has 0 fully saturated rings. The minimum atomic E-state index is 0.459. The van der Waals surface area contributed by atoms with Crippen LogP contribution in [0.4, 0.5) is 0 Å². The number of hydrogen-bond donors (Lipinski definition) is 0. The Kier molecular flexibility index (Phi) is 3.94. The summed E-state index contributed by atoms with van der Waals surface area (Å²) in [6, 6.07) is 4.40. The summed E-state index contributed by atoms with van der Waals surface area (Å²) >= 11 is 11.0. The summed E-state index contributed by atoms with van der Waals surface area (Å²) in [4.78, 5) is 5.55. The first kappa shape index (κ1) is 12.8. The van der Waals surface area contributed by atoms with E-state index in [2.05, 4.69) is 64.8 Å². The number of rotatable bonds is 2. The molecule has 16 heavy (non-hydrogen) atoms. The molecular weight excluding hydrogens is 368 g/mol. The summed E-state index contributed by atoms with van der Waals surface area (Å²) in [5, 5.41) is 0. The maximum absolute atomic E-state index is 3.65. The van der Waals surface area contributed by atoms with Gasteiger partial charge in [0, 0.05) is 34.4 Å². The molecule has 0 bridgehead atoms. The standard InChI is InChI=1S/C12H12Br2S2/c1-6-4-9(13)11(15-6)8(3)12-10(14)5-7(2)16-12/h4-5,8H,1-3H3. The Morgan fingerprint density at radius 2 is 1.31 bits per heavy atom. The van der Waals surface area contributed by atoms with Crippen molar-refractivity contribution in [2.45, 2.75) is 26.7 Å². The first-order chi connectivity index (χ1) is 7.49. The second kappa shape index (κ2) is 4.92. The fourth-order valence-electron chi connectivity index (χ4n) is 1.71. The zero-order valence-electron chi connectivity index (χ0n) is 9.30. The van der Waals surface area contributed by atoms with E-state index >= 15 is 0 Å². The lowest BCUT2D eigenvalue weighted by molar-refractivity contribution is 0.964. The van der Waals surface area contributed by atoms with Gasteiger partial charge in [0.05, 0.1) is 0 Å². The van der Waals surface area contributed by atoms with E-state index in [1.807, 2.05) is 22.7 Å². The molecule has 0 aromatic carbocycles. The summed E-state index contributed by atoms with van der Waals surface area (Å²) < 4.78 is 2.47. The molecule has 2 rings (SSSR count). The molecule has 0 spiro atoms. The maximum atomic E-state index is 3.65. The molecule has 0 radical (unpaired) electrons. The molecule has 4 heteroatoms. The fourth-order valence-corrected chi connectivity index (χ4v) is 5.90. The quantitative estimate of drug-likeness (QED) is 0.590. The molecule has 2 aromatic rings. The maximum Gasteiger partial charge on any atom is 0.0323 e.